The van der Waals surface area contributed by atoms with Crippen LogP contribution in [0.25, 0.3) is 5.65 Å². The van der Waals surface area contributed by atoms with Crippen molar-refractivity contribution in [3.8, 4) is 0 Å². The Bertz CT molecular complexity index is 1380. The second-order valence-electron chi connectivity index (χ2n) is 11.3. The molecule has 40 heavy (non-hydrogen) atoms. The Balaban J connectivity index is 1.25. The maximum atomic E-state index is 13.0. The van der Waals surface area contributed by atoms with Gasteiger partial charge in [0.15, 0.2) is 11.1 Å². The second-order valence-corrected chi connectivity index (χ2v) is 11.3. The number of benzene rings is 1. The quantitative estimate of drug-likeness (QED) is 0.294. The molecule has 1 saturated heterocycles. The highest BCUT2D eigenvalue weighted by molar-refractivity contribution is 6.03. The molecule has 10 nitrogen and oxygen atoms in total. The van der Waals surface area contributed by atoms with Crippen molar-refractivity contribution >= 4 is 23.6 Å². The molecule has 2 atom stereocenters. The zero-order valence-corrected chi connectivity index (χ0v) is 22.7. The fourth-order valence-corrected chi connectivity index (χ4v) is 6.15. The first-order valence-electron chi connectivity index (χ1n) is 14.2. The minimum atomic E-state index is -1.30. The van der Waals surface area contributed by atoms with Crippen molar-refractivity contribution < 1.29 is 23.9 Å². The van der Waals surface area contributed by atoms with Gasteiger partial charge in [0.2, 0.25) is 5.91 Å². The summed E-state index contributed by atoms with van der Waals surface area (Å²) >= 11 is 0. The highest BCUT2D eigenvalue weighted by Crippen LogP contribution is 2.54. The Morgan fingerprint density at radius 2 is 1.88 bits per heavy atom. The van der Waals surface area contributed by atoms with E-state index in [-0.39, 0.29) is 25.0 Å². The van der Waals surface area contributed by atoms with Crippen LogP contribution in [0.15, 0.2) is 48.7 Å². The summed E-state index contributed by atoms with van der Waals surface area (Å²) in [6, 6.07) is 13.0. The fraction of sp³-hybridized carbons (Fsp3) is 0.500. The Hall–Kier alpha value is -3.95. The average Bonchev–Trinajstić information content (AvgIpc) is 3.92. The first-order valence-corrected chi connectivity index (χ1v) is 14.2. The van der Waals surface area contributed by atoms with Gasteiger partial charge >= 0.3 is 12.1 Å². The summed E-state index contributed by atoms with van der Waals surface area (Å²) in [5, 5.41) is 10.7. The van der Waals surface area contributed by atoms with E-state index in [0.29, 0.717) is 48.5 Å². The molecule has 2 amide bonds. The van der Waals surface area contributed by atoms with Gasteiger partial charge in [-0.3, -0.25) is 9.59 Å². The summed E-state index contributed by atoms with van der Waals surface area (Å²) in [5.74, 6) is 0.541. The van der Waals surface area contributed by atoms with Gasteiger partial charge in [-0.25, -0.2) is 14.3 Å². The van der Waals surface area contributed by atoms with Gasteiger partial charge < -0.3 is 20.1 Å². The van der Waals surface area contributed by atoms with E-state index in [1.807, 2.05) is 42.6 Å². The number of hydrogen-bond donors (Lipinski definition) is 2. The lowest BCUT2D eigenvalue weighted by atomic mass is 9.76. The second kappa shape index (κ2) is 10.9. The molecule has 210 valence electrons. The molecule has 1 unspecified atom stereocenters. The molecule has 0 bridgehead atoms. The minimum absolute atomic E-state index is 0.134. The van der Waals surface area contributed by atoms with Crippen molar-refractivity contribution in [2.75, 3.05) is 13.7 Å². The summed E-state index contributed by atoms with van der Waals surface area (Å²) in [5.41, 5.74) is 1.59. The van der Waals surface area contributed by atoms with E-state index in [2.05, 4.69) is 10.6 Å². The molecule has 3 aromatic rings. The highest BCUT2D eigenvalue weighted by atomic mass is 16.5. The molecule has 3 aliphatic rings. The van der Waals surface area contributed by atoms with Crippen LogP contribution in [0.1, 0.15) is 61.5 Å². The Kier molecular flexibility index (Phi) is 7.16. The number of carbonyl (C=O) groups excluding carboxylic acids is 3. The number of amides is 2. The molecule has 2 aromatic heterocycles. The molecule has 1 aliphatic heterocycles. The predicted octanol–water partition coefficient (Wildman–Crippen LogP) is 3.74. The summed E-state index contributed by atoms with van der Waals surface area (Å²) in [7, 11) is 1.30. The van der Waals surface area contributed by atoms with Gasteiger partial charge in [0, 0.05) is 13.0 Å². The smallest absolute Gasteiger partial charge is 0.408 e. The van der Waals surface area contributed by atoms with E-state index in [1.165, 1.54) is 7.11 Å². The molecule has 3 fully saturated rings. The minimum Gasteiger partial charge on any atom is -0.468 e. The highest BCUT2D eigenvalue weighted by Gasteiger charge is 2.49. The number of nitrogens with zero attached hydrogens (tertiary/aromatic N) is 3. The average molecular weight is 546 g/mol. The molecule has 0 spiro atoms. The third kappa shape index (κ3) is 5.39. The number of esters is 1. The molecular formula is C30H35N5O5. The normalized spacial score (nSPS) is 21.6. The van der Waals surface area contributed by atoms with Gasteiger partial charge in [0.25, 0.3) is 0 Å². The zero-order valence-electron chi connectivity index (χ0n) is 22.7. The number of hydrogen-bond acceptors (Lipinski definition) is 7. The molecule has 0 radical (unpaired) electrons. The third-order valence-electron chi connectivity index (χ3n) is 8.48. The van der Waals surface area contributed by atoms with Gasteiger partial charge in [0.1, 0.15) is 6.61 Å². The molecule has 1 aromatic carbocycles. The van der Waals surface area contributed by atoms with Crippen LogP contribution >= 0.6 is 0 Å². The molecule has 6 rings (SSSR count). The van der Waals surface area contributed by atoms with Crippen LogP contribution in [0.2, 0.25) is 0 Å². The van der Waals surface area contributed by atoms with E-state index in [4.69, 9.17) is 19.6 Å². The van der Waals surface area contributed by atoms with E-state index in [0.717, 1.165) is 36.9 Å². The van der Waals surface area contributed by atoms with Crippen LogP contribution in [-0.2, 0) is 32.1 Å². The number of rotatable bonds is 10. The van der Waals surface area contributed by atoms with Gasteiger partial charge in [0.05, 0.1) is 30.7 Å². The molecular weight excluding hydrogens is 510 g/mol. The first kappa shape index (κ1) is 26.3. The summed E-state index contributed by atoms with van der Waals surface area (Å²) in [6.45, 7) is 0.739. The summed E-state index contributed by atoms with van der Waals surface area (Å²) < 4.78 is 12.3. The number of imidazole rings is 1. The molecule has 2 N–H and O–H groups in total. The van der Waals surface area contributed by atoms with Gasteiger partial charge in [-0.05, 0) is 74.0 Å². The number of aromatic nitrogens is 3. The van der Waals surface area contributed by atoms with E-state index in [1.54, 1.807) is 10.6 Å². The number of nitrogens with one attached hydrogen (secondary N) is 2. The van der Waals surface area contributed by atoms with Crippen LogP contribution < -0.4 is 10.6 Å². The van der Waals surface area contributed by atoms with E-state index in [9.17, 15) is 14.4 Å². The first-order chi connectivity index (χ1) is 19.5. The van der Waals surface area contributed by atoms with Crippen LogP contribution in [0.5, 0.6) is 0 Å². The number of ether oxygens (including phenoxy) is 2. The molecule has 10 heteroatoms. The van der Waals surface area contributed by atoms with Crippen molar-refractivity contribution in [1.82, 2.24) is 25.2 Å². The van der Waals surface area contributed by atoms with Gasteiger partial charge in [-0.15, -0.1) is 0 Å². The molecule has 3 heterocycles. The van der Waals surface area contributed by atoms with Crippen molar-refractivity contribution in [2.45, 2.75) is 57.6 Å². The van der Waals surface area contributed by atoms with Gasteiger partial charge in [-0.1, -0.05) is 30.3 Å². The lowest BCUT2D eigenvalue weighted by Gasteiger charge is -2.33. The SMILES string of the molecule is COC(=O)C1(Cc2ccc3nc([C@@H](NC(=O)OCc4ccccc4)C(C4CC4)C4CC4)cn3n2)CCCNC1=O. The zero-order chi connectivity index (χ0) is 27.7. The maximum absolute atomic E-state index is 13.0. The van der Waals surface area contributed by atoms with Crippen molar-refractivity contribution in [3.63, 3.8) is 0 Å². The van der Waals surface area contributed by atoms with E-state index < -0.39 is 17.5 Å². The Morgan fingerprint density at radius 3 is 2.55 bits per heavy atom. The maximum Gasteiger partial charge on any atom is 0.408 e. The van der Waals surface area contributed by atoms with Crippen molar-refractivity contribution in [1.29, 1.82) is 0 Å². The number of fused-ring (bicyclic) bond motifs is 1. The molecule has 2 aliphatic carbocycles. The lowest BCUT2D eigenvalue weighted by Crippen LogP contribution is -2.52. The summed E-state index contributed by atoms with van der Waals surface area (Å²) in [6.07, 6.45) is 7.25. The van der Waals surface area contributed by atoms with Crippen LogP contribution in [0, 0.1) is 23.2 Å². The molecule has 2 saturated carbocycles. The van der Waals surface area contributed by atoms with Crippen LogP contribution in [0.4, 0.5) is 4.79 Å². The largest absolute Gasteiger partial charge is 0.468 e. The number of carbonyl (C=O) groups is 3. The predicted molar refractivity (Wildman–Crippen MR) is 145 cm³/mol. The van der Waals surface area contributed by atoms with Crippen LogP contribution in [0.3, 0.4) is 0 Å². The standard InChI is InChI=1S/C30H35N5O5/c1-39-28(37)30(14-5-15-31-27(30)36)16-22-12-13-24-32-23(17-35(24)34-22)26(25(20-8-9-20)21-10-11-21)33-29(38)40-18-19-6-3-2-4-7-19/h2-4,6-7,12-13,17,20-21,25-26H,5,8-11,14-16,18H2,1H3,(H,31,36)(H,33,38)/t26-,30?/m1/s1. The van der Waals surface area contributed by atoms with Gasteiger partial charge in [-0.2, -0.15) is 5.10 Å². The number of methoxy groups -OCH3 is 1. The number of alkyl carbamates (subject to hydrolysis) is 1. The Morgan fingerprint density at radius 1 is 1.12 bits per heavy atom. The summed E-state index contributed by atoms with van der Waals surface area (Å²) in [4.78, 5) is 43.4. The van der Waals surface area contributed by atoms with Crippen LogP contribution in [-0.4, -0.2) is 46.2 Å². The van der Waals surface area contributed by atoms with Crippen molar-refractivity contribution in [2.24, 2.45) is 23.2 Å². The monoisotopic (exact) mass is 545 g/mol. The van der Waals surface area contributed by atoms with E-state index >= 15 is 0 Å². The third-order valence-corrected chi connectivity index (χ3v) is 8.48. The topological polar surface area (TPSA) is 124 Å². The number of piperidine rings is 1. The lowest BCUT2D eigenvalue weighted by molar-refractivity contribution is -0.161. The Labute approximate surface area is 232 Å². The fourth-order valence-electron chi connectivity index (χ4n) is 6.15. The van der Waals surface area contributed by atoms with Crippen molar-refractivity contribution in [3.05, 3.63) is 65.6 Å².